The molecule has 0 saturated carbocycles. The lowest BCUT2D eigenvalue weighted by Crippen LogP contribution is -2.47. The van der Waals surface area contributed by atoms with Crippen molar-refractivity contribution in [2.45, 2.75) is 39.3 Å². The third-order valence-corrected chi connectivity index (χ3v) is 4.92. The molecule has 2 aromatic rings. The summed E-state index contributed by atoms with van der Waals surface area (Å²) in [6, 6.07) is 5.38. The lowest BCUT2D eigenvalue weighted by Gasteiger charge is -2.45. The second kappa shape index (κ2) is 8.14. The van der Waals surface area contributed by atoms with Crippen molar-refractivity contribution in [3.05, 3.63) is 53.9 Å². The van der Waals surface area contributed by atoms with Gasteiger partial charge in [0, 0.05) is 30.7 Å². The fourth-order valence-electron chi connectivity index (χ4n) is 3.50. The maximum absolute atomic E-state index is 12.5. The van der Waals surface area contributed by atoms with Crippen LogP contribution in [0.3, 0.4) is 0 Å². The van der Waals surface area contributed by atoms with Gasteiger partial charge in [0.05, 0.1) is 18.8 Å². The fourth-order valence-corrected chi connectivity index (χ4v) is 3.50. The van der Waals surface area contributed by atoms with Crippen LogP contribution in [0.25, 0.3) is 5.70 Å². The van der Waals surface area contributed by atoms with E-state index in [9.17, 15) is 18.3 Å². The van der Waals surface area contributed by atoms with Gasteiger partial charge in [-0.1, -0.05) is 20.8 Å². The fraction of sp³-hybridized carbons (Fsp3) is 0.429. The standard InChI is InChI=1S/C21H25F3N4O2/c1-20(2,3)18(13-29)28-17(9-10-25-19(28)15-11-26-27(4)12-15)14-5-7-16(8-6-14)30-21(22,23)24/h5-12,18-19,29H,13H2,1-4H3/t18-,19?/m1/s1. The maximum atomic E-state index is 12.5. The first-order chi connectivity index (χ1) is 14.0. The lowest BCUT2D eigenvalue weighted by atomic mass is 9.84. The number of aromatic nitrogens is 2. The summed E-state index contributed by atoms with van der Waals surface area (Å²) in [6.45, 7) is 5.93. The molecule has 1 aromatic heterocycles. The number of allylic oxidation sites excluding steroid dienone is 1. The van der Waals surface area contributed by atoms with Gasteiger partial charge in [-0.15, -0.1) is 13.2 Å². The Kier molecular flexibility index (Phi) is 5.94. The van der Waals surface area contributed by atoms with Crippen molar-refractivity contribution >= 4 is 11.9 Å². The predicted octanol–water partition coefficient (Wildman–Crippen LogP) is 4.15. The molecule has 0 radical (unpaired) electrons. The predicted molar refractivity (Wildman–Crippen MR) is 108 cm³/mol. The van der Waals surface area contributed by atoms with Crippen molar-refractivity contribution in [3.8, 4) is 5.75 Å². The van der Waals surface area contributed by atoms with Crippen LogP contribution in [0.5, 0.6) is 5.75 Å². The molecule has 9 heteroatoms. The minimum absolute atomic E-state index is 0.123. The topological polar surface area (TPSA) is 62.9 Å². The molecule has 1 aliphatic heterocycles. The molecule has 0 spiro atoms. The minimum Gasteiger partial charge on any atom is -0.406 e. The highest BCUT2D eigenvalue weighted by Crippen LogP contribution is 2.40. The van der Waals surface area contributed by atoms with Gasteiger partial charge in [-0.2, -0.15) is 5.10 Å². The van der Waals surface area contributed by atoms with E-state index in [0.29, 0.717) is 5.56 Å². The first-order valence-electron chi connectivity index (χ1n) is 9.47. The van der Waals surface area contributed by atoms with E-state index < -0.39 is 12.5 Å². The number of rotatable bonds is 5. The van der Waals surface area contributed by atoms with E-state index in [1.165, 1.54) is 12.1 Å². The zero-order valence-corrected chi connectivity index (χ0v) is 17.3. The summed E-state index contributed by atoms with van der Waals surface area (Å²) < 4.78 is 43.1. The number of hydrogen-bond acceptors (Lipinski definition) is 5. The van der Waals surface area contributed by atoms with Crippen molar-refractivity contribution in [2.75, 3.05) is 6.61 Å². The summed E-state index contributed by atoms with van der Waals surface area (Å²) in [6.07, 6.45) is 1.86. The maximum Gasteiger partial charge on any atom is 0.573 e. The molecule has 1 unspecified atom stereocenters. The van der Waals surface area contributed by atoms with Crippen LogP contribution >= 0.6 is 0 Å². The summed E-state index contributed by atoms with van der Waals surface area (Å²) >= 11 is 0. The van der Waals surface area contributed by atoms with Gasteiger partial charge in [-0.3, -0.25) is 9.67 Å². The molecular weight excluding hydrogens is 397 g/mol. The van der Waals surface area contributed by atoms with Gasteiger partial charge < -0.3 is 14.7 Å². The highest BCUT2D eigenvalue weighted by atomic mass is 19.4. The second-order valence-electron chi connectivity index (χ2n) is 8.21. The van der Waals surface area contributed by atoms with E-state index in [4.69, 9.17) is 0 Å². The van der Waals surface area contributed by atoms with E-state index >= 15 is 0 Å². The molecule has 0 bridgehead atoms. The third kappa shape index (κ3) is 4.84. The molecular formula is C21H25F3N4O2. The molecule has 1 aliphatic rings. The van der Waals surface area contributed by atoms with Gasteiger partial charge in [-0.05, 0) is 41.3 Å². The first kappa shape index (κ1) is 21.9. The third-order valence-electron chi connectivity index (χ3n) is 4.92. The van der Waals surface area contributed by atoms with Crippen LogP contribution in [-0.2, 0) is 7.05 Å². The number of halogens is 3. The first-order valence-corrected chi connectivity index (χ1v) is 9.47. The SMILES string of the molecule is Cn1cc(C2N=CC=C(c3ccc(OC(F)(F)F)cc3)N2[C@H](CO)C(C)(C)C)cn1. The van der Waals surface area contributed by atoms with E-state index in [-0.39, 0.29) is 23.8 Å². The summed E-state index contributed by atoms with van der Waals surface area (Å²) in [5.41, 5.74) is 1.97. The van der Waals surface area contributed by atoms with Crippen molar-refractivity contribution in [1.82, 2.24) is 14.7 Å². The highest BCUT2D eigenvalue weighted by Gasteiger charge is 2.38. The van der Waals surface area contributed by atoms with Gasteiger partial charge in [0.15, 0.2) is 6.17 Å². The van der Waals surface area contributed by atoms with E-state index in [2.05, 4.69) is 14.8 Å². The van der Waals surface area contributed by atoms with Crippen LogP contribution in [0.1, 0.15) is 38.1 Å². The Balaban J connectivity index is 2.02. The van der Waals surface area contributed by atoms with E-state index in [1.54, 1.807) is 35.3 Å². The number of aryl methyl sites for hydroxylation is 1. The number of aliphatic hydroxyl groups is 1. The number of alkyl halides is 3. The monoisotopic (exact) mass is 422 g/mol. The Hall–Kier alpha value is -2.81. The Morgan fingerprint density at radius 3 is 2.33 bits per heavy atom. The van der Waals surface area contributed by atoms with Crippen molar-refractivity contribution < 1.29 is 23.0 Å². The number of aliphatic imine (C=N–C) groups is 1. The van der Waals surface area contributed by atoms with E-state index in [1.807, 2.05) is 38.9 Å². The minimum atomic E-state index is -4.75. The second-order valence-corrected chi connectivity index (χ2v) is 8.21. The average Bonchev–Trinajstić information content (AvgIpc) is 3.07. The molecule has 1 aromatic carbocycles. The van der Waals surface area contributed by atoms with Crippen molar-refractivity contribution in [2.24, 2.45) is 17.5 Å². The number of benzene rings is 1. The van der Waals surface area contributed by atoms with Crippen LogP contribution in [0.4, 0.5) is 13.2 Å². The smallest absolute Gasteiger partial charge is 0.406 e. The Bertz CT molecular complexity index is 927. The van der Waals surface area contributed by atoms with Gasteiger partial charge >= 0.3 is 6.36 Å². The Morgan fingerprint density at radius 2 is 1.83 bits per heavy atom. The Morgan fingerprint density at radius 1 is 1.17 bits per heavy atom. The molecule has 0 amide bonds. The van der Waals surface area contributed by atoms with Gasteiger partial charge in [0.2, 0.25) is 0 Å². The van der Waals surface area contributed by atoms with Gasteiger partial charge in [0.1, 0.15) is 5.75 Å². The molecule has 162 valence electrons. The van der Waals surface area contributed by atoms with Crippen molar-refractivity contribution in [3.63, 3.8) is 0 Å². The molecule has 1 N–H and O–H groups in total. The van der Waals surface area contributed by atoms with Crippen molar-refractivity contribution in [1.29, 1.82) is 0 Å². The molecule has 2 heterocycles. The number of nitrogens with zero attached hydrogens (tertiary/aromatic N) is 4. The molecule has 2 atom stereocenters. The molecule has 0 aliphatic carbocycles. The van der Waals surface area contributed by atoms with Crippen LogP contribution < -0.4 is 4.74 Å². The number of ether oxygens (including phenoxy) is 1. The quantitative estimate of drug-likeness (QED) is 0.786. The molecule has 30 heavy (non-hydrogen) atoms. The largest absolute Gasteiger partial charge is 0.573 e. The summed E-state index contributed by atoms with van der Waals surface area (Å²) in [7, 11) is 1.81. The highest BCUT2D eigenvalue weighted by molar-refractivity contribution is 5.86. The number of hydrogen-bond donors (Lipinski definition) is 1. The normalized spacial score (nSPS) is 18.3. The van der Waals surface area contributed by atoms with Gasteiger partial charge in [0.25, 0.3) is 0 Å². The van der Waals surface area contributed by atoms with Crippen LogP contribution in [0.2, 0.25) is 0 Å². The molecule has 6 nitrogen and oxygen atoms in total. The average molecular weight is 422 g/mol. The molecule has 3 rings (SSSR count). The zero-order chi connectivity index (χ0) is 22.1. The number of aliphatic hydroxyl groups excluding tert-OH is 1. The Labute approximate surface area is 173 Å². The lowest BCUT2D eigenvalue weighted by molar-refractivity contribution is -0.274. The summed E-state index contributed by atoms with van der Waals surface area (Å²) in [5, 5.41) is 14.5. The van der Waals surface area contributed by atoms with Gasteiger partial charge in [-0.25, -0.2) is 0 Å². The van der Waals surface area contributed by atoms with Crippen LogP contribution in [0.15, 0.2) is 47.7 Å². The summed E-state index contributed by atoms with van der Waals surface area (Å²) in [4.78, 5) is 6.60. The van der Waals surface area contributed by atoms with Crippen LogP contribution in [-0.4, -0.2) is 45.0 Å². The summed E-state index contributed by atoms with van der Waals surface area (Å²) in [5.74, 6) is -0.291. The zero-order valence-electron chi connectivity index (χ0n) is 17.3. The molecule has 0 fully saturated rings. The van der Waals surface area contributed by atoms with E-state index in [0.717, 1.165) is 11.3 Å². The van der Waals surface area contributed by atoms with Crippen LogP contribution in [0, 0.1) is 5.41 Å². The molecule has 0 saturated heterocycles.